The van der Waals surface area contributed by atoms with Crippen LogP contribution >= 0.6 is 0 Å². The number of urea groups is 1. The maximum Gasteiger partial charge on any atom is 0.321 e. The highest BCUT2D eigenvalue weighted by atomic mass is 19.1. The molecule has 0 bridgehead atoms. The molecule has 18 heavy (non-hydrogen) atoms. The van der Waals surface area contributed by atoms with E-state index in [2.05, 4.69) is 5.32 Å². The lowest BCUT2D eigenvalue weighted by Gasteiger charge is -2.35. The Morgan fingerprint density at radius 1 is 1.56 bits per heavy atom. The lowest BCUT2D eigenvalue weighted by Crippen LogP contribution is -2.49. The van der Waals surface area contributed by atoms with Crippen molar-refractivity contribution in [2.24, 2.45) is 11.7 Å². The van der Waals surface area contributed by atoms with Gasteiger partial charge in [0.2, 0.25) is 0 Å². The molecule has 2 rings (SSSR count). The van der Waals surface area contributed by atoms with Crippen molar-refractivity contribution < 1.29 is 9.18 Å². The van der Waals surface area contributed by atoms with E-state index in [1.165, 1.54) is 12.1 Å². The summed E-state index contributed by atoms with van der Waals surface area (Å²) in [6.45, 7) is 3.32. The minimum atomic E-state index is -0.359. The zero-order valence-corrected chi connectivity index (χ0v) is 10.4. The van der Waals surface area contributed by atoms with Crippen LogP contribution in [0.5, 0.6) is 0 Å². The smallest absolute Gasteiger partial charge is 0.321 e. The van der Waals surface area contributed by atoms with Crippen molar-refractivity contribution in [3.63, 3.8) is 0 Å². The van der Waals surface area contributed by atoms with Crippen LogP contribution in [0.1, 0.15) is 13.3 Å². The number of nitrogens with one attached hydrogen (secondary N) is 1. The summed E-state index contributed by atoms with van der Waals surface area (Å²) in [4.78, 5) is 13.7. The summed E-state index contributed by atoms with van der Waals surface area (Å²) in [5.41, 5.74) is 6.38. The van der Waals surface area contributed by atoms with Crippen molar-refractivity contribution in [2.75, 3.05) is 18.4 Å². The number of rotatable bonds is 1. The van der Waals surface area contributed by atoms with Crippen LogP contribution in [-0.4, -0.2) is 30.1 Å². The maximum atomic E-state index is 13.0. The number of benzene rings is 1. The largest absolute Gasteiger partial charge is 0.327 e. The zero-order chi connectivity index (χ0) is 13.1. The summed E-state index contributed by atoms with van der Waals surface area (Å²) in [5.74, 6) is -0.0705. The number of halogens is 1. The number of hydrogen-bond donors (Lipinski definition) is 2. The first-order valence-corrected chi connectivity index (χ1v) is 6.13. The Balaban J connectivity index is 1.96. The second kappa shape index (κ2) is 5.35. The maximum absolute atomic E-state index is 13.0. The normalized spacial score (nSPS) is 23.8. The minimum absolute atomic E-state index is 0.156. The monoisotopic (exact) mass is 251 g/mol. The number of amides is 2. The first kappa shape index (κ1) is 12.8. The fourth-order valence-electron chi connectivity index (χ4n) is 2.12. The molecule has 1 saturated heterocycles. The number of carbonyl (C=O) groups is 1. The number of nitrogens with two attached hydrogens (primary N) is 1. The second-order valence-electron chi connectivity index (χ2n) is 4.82. The molecule has 0 spiro atoms. The molecule has 1 aliphatic heterocycles. The van der Waals surface area contributed by atoms with E-state index in [-0.39, 0.29) is 23.8 Å². The van der Waals surface area contributed by atoms with Crippen LogP contribution in [0.4, 0.5) is 14.9 Å². The van der Waals surface area contributed by atoms with Gasteiger partial charge in [-0.05, 0) is 30.5 Å². The Bertz CT molecular complexity index is 438. The van der Waals surface area contributed by atoms with E-state index in [1.807, 2.05) is 6.92 Å². The first-order valence-electron chi connectivity index (χ1n) is 6.13. The van der Waals surface area contributed by atoms with Crippen LogP contribution in [0.25, 0.3) is 0 Å². The van der Waals surface area contributed by atoms with E-state index < -0.39 is 0 Å². The Morgan fingerprint density at radius 3 is 3.00 bits per heavy atom. The topological polar surface area (TPSA) is 58.4 Å². The summed E-state index contributed by atoms with van der Waals surface area (Å²) in [6, 6.07) is 5.84. The molecule has 3 N–H and O–H groups in total. The summed E-state index contributed by atoms with van der Waals surface area (Å²) in [6.07, 6.45) is 0.803. The van der Waals surface area contributed by atoms with E-state index in [0.717, 1.165) is 6.42 Å². The highest BCUT2D eigenvalue weighted by molar-refractivity contribution is 5.89. The quantitative estimate of drug-likeness (QED) is 0.802. The fourth-order valence-corrected chi connectivity index (χ4v) is 2.12. The van der Waals surface area contributed by atoms with Crippen LogP contribution < -0.4 is 11.1 Å². The number of piperidine rings is 1. The van der Waals surface area contributed by atoms with Crippen LogP contribution in [0.15, 0.2) is 24.3 Å². The molecule has 1 aliphatic rings. The summed E-state index contributed by atoms with van der Waals surface area (Å²) in [5, 5.41) is 2.69. The van der Waals surface area contributed by atoms with Gasteiger partial charge >= 0.3 is 6.03 Å². The summed E-state index contributed by atoms with van der Waals surface area (Å²) < 4.78 is 13.0. The van der Waals surface area contributed by atoms with Crippen LogP contribution in [-0.2, 0) is 0 Å². The van der Waals surface area contributed by atoms with Gasteiger partial charge in [-0.25, -0.2) is 9.18 Å². The van der Waals surface area contributed by atoms with Crippen molar-refractivity contribution in [1.82, 2.24) is 4.90 Å². The Morgan fingerprint density at radius 2 is 2.33 bits per heavy atom. The number of hydrogen-bond acceptors (Lipinski definition) is 2. The zero-order valence-electron chi connectivity index (χ0n) is 10.4. The molecule has 1 fully saturated rings. The number of anilines is 1. The van der Waals surface area contributed by atoms with Gasteiger partial charge in [0.25, 0.3) is 0 Å². The molecule has 98 valence electrons. The van der Waals surface area contributed by atoms with Gasteiger partial charge in [-0.2, -0.15) is 0 Å². The number of likely N-dealkylation sites (tertiary alicyclic amines) is 1. The molecule has 0 saturated carbocycles. The molecule has 2 atom stereocenters. The SMILES string of the molecule is CC1CN(C(=O)Nc2cccc(F)c2)CCC1N. The number of nitrogens with zero attached hydrogens (tertiary/aromatic N) is 1. The second-order valence-corrected chi connectivity index (χ2v) is 4.82. The molecule has 1 aromatic carbocycles. The Kier molecular flexibility index (Phi) is 3.81. The molecule has 1 aromatic rings. The molecule has 0 aliphatic carbocycles. The van der Waals surface area contributed by atoms with Crippen molar-refractivity contribution in [3.8, 4) is 0 Å². The molecule has 2 unspecified atom stereocenters. The standard InChI is InChI=1S/C13H18FN3O/c1-9-8-17(6-5-12(9)15)13(18)16-11-4-2-3-10(14)7-11/h2-4,7,9,12H,5-6,8,15H2,1H3,(H,16,18). The van der Waals surface area contributed by atoms with E-state index in [0.29, 0.717) is 18.8 Å². The van der Waals surface area contributed by atoms with Crippen molar-refractivity contribution in [3.05, 3.63) is 30.1 Å². The number of carbonyl (C=O) groups excluding carboxylic acids is 1. The van der Waals surface area contributed by atoms with E-state index in [1.54, 1.807) is 17.0 Å². The predicted octanol–water partition coefficient (Wildman–Crippen LogP) is 2.03. The van der Waals surface area contributed by atoms with Gasteiger partial charge in [0.15, 0.2) is 0 Å². The van der Waals surface area contributed by atoms with Gasteiger partial charge in [-0.15, -0.1) is 0 Å². The lowest BCUT2D eigenvalue weighted by molar-refractivity contribution is 0.172. The van der Waals surface area contributed by atoms with Gasteiger partial charge in [0.1, 0.15) is 5.82 Å². The molecule has 0 radical (unpaired) electrons. The third kappa shape index (κ3) is 2.98. The average Bonchev–Trinajstić information content (AvgIpc) is 2.32. The van der Waals surface area contributed by atoms with Crippen LogP contribution in [0.2, 0.25) is 0 Å². The van der Waals surface area contributed by atoms with Gasteiger partial charge in [-0.3, -0.25) is 0 Å². The van der Waals surface area contributed by atoms with Gasteiger partial charge < -0.3 is 16.0 Å². The molecule has 0 aromatic heterocycles. The fraction of sp³-hybridized carbons (Fsp3) is 0.462. The molecular weight excluding hydrogens is 233 g/mol. The summed E-state index contributed by atoms with van der Waals surface area (Å²) in [7, 11) is 0. The van der Waals surface area contributed by atoms with Gasteiger partial charge in [0.05, 0.1) is 0 Å². The van der Waals surface area contributed by atoms with Crippen molar-refractivity contribution >= 4 is 11.7 Å². The Hall–Kier alpha value is -1.62. The molecular formula is C13H18FN3O. The lowest BCUT2D eigenvalue weighted by atomic mass is 9.95. The highest BCUT2D eigenvalue weighted by Crippen LogP contribution is 2.16. The van der Waals surface area contributed by atoms with Gasteiger partial charge in [-0.1, -0.05) is 13.0 Å². The Labute approximate surface area is 106 Å². The van der Waals surface area contributed by atoms with Gasteiger partial charge in [0, 0.05) is 24.8 Å². The predicted molar refractivity (Wildman–Crippen MR) is 68.7 cm³/mol. The van der Waals surface area contributed by atoms with E-state index >= 15 is 0 Å². The van der Waals surface area contributed by atoms with E-state index in [9.17, 15) is 9.18 Å². The molecule has 2 amide bonds. The first-order chi connectivity index (χ1) is 8.56. The molecule has 1 heterocycles. The third-order valence-corrected chi connectivity index (χ3v) is 3.33. The summed E-state index contributed by atoms with van der Waals surface area (Å²) >= 11 is 0. The molecule has 4 nitrogen and oxygen atoms in total. The minimum Gasteiger partial charge on any atom is -0.327 e. The third-order valence-electron chi connectivity index (χ3n) is 3.33. The van der Waals surface area contributed by atoms with E-state index in [4.69, 9.17) is 5.73 Å². The molecule has 5 heteroatoms. The average molecular weight is 251 g/mol. The van der Waals surface area contributed by atoms with Crippen LogP contribution in [0.3, 0.4) is 0 Å². The van der Waals surface area contributed by atoms with Crippen molar-refractivity contribution in [1.29, 1.82) is 0 Å². The highest BCUT2D eigenvalue weighted by Gasteiger charge is 2.26. The van der Waals surface area contributed by atoms with Crippen LogP contribution in [0, 0.1) is 11.7 Å². The van der Waals surface area contributed by atoms with Crippen molar-refractivity contribution in [2.45, 2.75) is 19.4 Å².